The van der Waals surface area contributed by atoms with Crippen LogP contribution < -0.4 is 10.6 Å². The molecule has 1 aliphatic carbocycles. The average molecular weight is 278 g/mol. The molecule has 0 bridgehead atoms. The quantitative estimate of drug-likeness (QED) is 0.590. The van der Waals surface area contributed by atoms with Gasteiger partial charge in [0.15, 0.2) is 0 Å². The lowest BCUT2D eigenvalue weighted by Crippen LogP contribution is -2.09. The molecule has 0 saturated heterocycles. The maximum Gasteiger partial charge on any atom is 0.276 e. The van der Waals surface area contributed by atoms with Crippen molar-refractivity contribution in [2.24, 2.45) is 5.92 Å². The van der Waals surface area contributed by atoms with Crippen LogP contribution in [0.2, 0.25) is 0 Å². The third kappa shape index (κ3) is 4.08. The molecule has 0 amide bonds. The molecule has 20 heavy (non-hydrogen) atoms. The molecule has 1 aromatic heterocycles. The summed E-state index contributed by atoms with van der Waals surface area (Å²) in [4.78, 5) is 14.9. The average Bonchev–Trinajstić information content (AvgIpc) is 2.92. The van der Waals surface area contributed by atoms with Crippen LogP contribution in [0, 0.1) is 16.0 Å². The van der Waals surface area contributed by atoms with Gasteiger partial charge in [-0.15, -0.1) is 0 Å². The summed E-state index contributed by atoms with van der Waals surface area (Å²) in [6.45, 7) is 3.45. The molecule has 6 heteroatoms. The summed E-state index contributed by atoms with van der Waals surface area (Å²) in [6, 6.07) is 2.96. The summed E-state index contributed by atoms with van der Waals surface area (Å²) in [7, 11) is 0. The molecule has 6 nitrogen and oxygen atoms in total. The molecule has 1 saturated carbocycles. The Morgan fingerprint density at radius 3 is 2.55 bits per heavy atom. The van der Waals surface area contributed by atoms with Gasteiger partial charge in [-0.3, -0.25) is 10.1 Å². The zero-order chi connectivity index (χ0) is 14.4. The summed E-state index contributed by atoms with van der Waals surface area (Å²) in [5.74, 6) is 1.92. The Morgan fingerprint density at radius 2 is 1.95 bits per heavy atom. The van der Waals surface area contributed by atoms with Crippen molar-refractivity contribution in [2.45, 2.75) is 39.0 Å². The van der Waals surface area contributed by atoms with E-state index in [0.717, 1.165) is 18.9 Å². The van der Waals surface area contributed by atoms with E-state index in [-0.39, 0.29) is 10.6 Å². The molecule has 110 valence electrons. The standard InChI is InChI=1S/C14H22N4O2/c1-2-15-13-9-12(18(19)20)10-14(17-13)16-8-7-11-5-3-4-6-11/h9-11H,2-8H2,1H3,(H2,15,16,17). The highest BCUT2D eigenvalue weighted by Crippen LogP contribution is 2.27. The van der Waals surface area contributed by atoms with Crippen molar-refractivity contribution in [1.82, 2.24) is 4.98 Å². The van der Waals surface area contributed by atoms with E-state index in [1.807, 2.05) is 6.92 Å². The maximum atomic E-state index is 10.9. The van der Waals surface area contributed by atoms with Gasteiger partial charge in [0.2, 0.25) is 0 Å². The van der Waals surface area contributed by atoms with E-state index >= 15 is 0 Å². The fourth-order valence-corrected chi connectivity index (χ4v) is 2.69. The van der Waals surface area contributed by atoms with E-state index in [1.165, 1.54) is 37.8 Å². The Hall–Kier alpha value is -1.85. The molecule has 0 aromatic carbocycles. The lowest BCUT2D eigenvalue weighted by molar-refractivity contribution is -0.384. The number of pyridine rings is 1. The summed E-state index contributed by atoms with van der Waals surface area (Å²) < 4.78 is 0. The van der Waals surface area contributed by atoms with E-state index < -0.39 is 0 Å². The third-order valence-corrected chi connectivity index (χ3v) is 3.71. The lowest BCUT2D eigenvalue weighted by atomic mass is 10.0. The molecule has 2 rings (SSSR count). The summed E-state index contributed by atoms with van der Waals surface area (Å²) >= 11 is 0. The molecule has 0 unspecified atom stereocenters. The maximum absolute atomic E-state index is 10.9. The van der Waals surface area contributed by atoms with Gasteiger partial charge in [-0.25, -0.2) is 4.98 Å². The number of nitrogens with one attached hydrogen (secondary N) is 2. The number of hydrogen-bond donors (Lipinski definition) is 2. The lowest BCUT2D eigenvalue weighted by Gasteiger charge is -2.11. The van der Waals surface area contributed by atoms with Crippen LogP contribution in [0.4, 0.5) is 17.3 Å². The van der Waals surface area contributed by atoms with Gasteiger partial charge in [0.25, 0.3) is 5.69 Å². The largest absolute Gasteiger partial charge is 0.370 e. The zero-order valence-electron chi connectivity index (χ0n) is 11.9. The van der Waals surface area contributed by atoms with Crippen LogP contribution in [0.5, 0.6) is 0 Å². The summed E-state index contributed by atoms with van der Waals surface area (Å²) in [6.07, 6.45) is 6.41. The first-order chi connectivity index (χ1) is 9.69. The predicted octanol–water partition coefficient (Wildman–Crippen LogP) is 3.41. The van der Waals surface area contributed by atoms with Crippen molar-refractivity contribution in [1.29, 1.82) is 0 Å². The van der Waals surface area contributed by atoms with Gasteiger partial charge >= 0.3 is 0 Å². The summed E-state index contributed by atoms with van der Waals surface area (Å²) in [5, 5.41) is 17.1. The Kier molecular flexibility index (Phi) is 5.15. The van der Waals surface area contributed by atoms with E-state index in [4.69, 9.17) is 0 Å². The van der Waals surface area contributed by atoms with Crippen molar-refractivity contribution in [3.05, 3.63) is 22.2 Å². The second kappa shape index (κ2) is 7.07. The third-order valence-electron chi connectivity index (χ3n) is 3.71. The molecule has 1 aliphatic rings. The monoisotopic (exact) mass is 278 g/mol. The first kappa shape index (κ1) is 14.6. The fraction of sp³-hybridized carbons (Fsp3) is 0.643. The van der Waals surface area contributed by atoms with Crippen molar-refractivity contribution >= 4 is 17.3 Å². The minimum absolute atomic E-state index is 0.0688. The van der Waals surface area contributed by atoms with Gasteiger partial charge in [0.05, 0.1) is 17.1 Å². The molecule has 0 aliphatic heterocycles. The molecule has 0 atom stereocenters. The van der Waals surface area contributed by atoms with E-state index in [1.54, 1.807) is 0 Å². The van der Waals surface area contributed by atoms with Crippen molar-refractivity contribution in [2.75, 3.05) is 23.7 Å². The fourth-order valence-electron chi connectivity index (χ4n) is 2.69. The highest BCUT2D eigenvalue weighted by Gasteiger charge is 2.15. The SMILES string of the molecule is CCNc1cc([N+](=O)[O-])cc(NCCC2CCCC2)n1. The van der Waals surface area contributed by atoms with Gasteiger partial charge < -0.3 is 10.6 Å². The van der Waals surface area contributed by atoms with Crippen LogP contribution in [0.1, 0.15) is 39.0 Å². The van der Waals surface area contributed by atoms with E-state index in [9.17, 15) is 10.1 Å². The van der Waals surface area contributed by atoms with Gasteiger partial charge in [-0.2, -0.15) is 0 Å². The number of hydrogen-bond acceptors (Lipinski definition) is 5. The smallest absolute Gasteiger partial charge is 0.276 e. The molecule has 2 N–H and O–H groups in total. The van der Waals surface area contributed by atoms with E-state index in [0.29, 0.717) is 18.2 Å². The molecule has 1 heterocycles. The van der Waals surface area contributed by atoms with Crippen LogP contribution in [0.25, 0.3) is 0 Å². The zero-order valence-corrected chi connectivity index (χ0v) is 11.9. The minimum atomic E-state index is -0.384. The number of nitro groups is 1. The Labute approximate surface area is 119 Å². The van der Waals surface area contributed by atoms with Gasteiger partial charge in [0.1, 0.15) is 11.6 Å². The summed E-state index contributed by atoms with van der Waals surface area (Å²) in [5.41, 5.74) is 0.0688. The first-order valence-corrected chi connectivity index (χ1v) is 7.33. The molecule has 1 fully saturated rings. The Bertz CT molecular complexity index is 458. The highest BCUT2D eigenvalue weighted by molar-refractivity contribution is 5.54. The molecular formula is C14H22N4O2. The van der Waals surface area contributed by atoms with Crippen LogP contribution in [0.15, 0.2) is 12.1 Å². The number of aromatic nitrogens is 1. The second-order valence-electron chi connectivity index (χ2n) is 5.25. The molecule has 0 spiro atoms. The first-order valence-electron chi connectivity index (χ1n) is 7.33. The van der Waals surface area contributed by atoms with Crippen LogP contribution in [-0.2, 0) is 0 Å². The second-order valence-corrected chi connectivity index (χ2v) is 5.25. The van der Waals surface area contributed by atoms with Crippen LogP contribution >= 0.6 is 0 Å². The topological polar surface area (TPSA) is 80.1 Å². The van der Waals surface area contributed by atoms with Crippen LogP contribution in [-0.4, -0.2) is 23.0 Å². The normalized spacial score (nSPS) is 15.2. The van der Waals surface area contributed by atoms with Gasteiger partial charge in [0, 0.05) is 13.1 Å². The molecule has 1 aromatic rings. The predicted molar refractivity (Wildman–Crippen MR) is 80.1 cm³/mol. The Morgan fingerprint density at radius 1 is 1.30 bits per heavy atom. The number of nitrogens with zero attached hydrogens (tertiary/aromatic N) is 2. The molecular weight excluding hydrogens is 256 g/mol. The van der Waals surface area contributed by atoms with Crippen LogP contribution in [0.3, 0.4) is 0 Å². The van der Waals surface area contributed by atoms with Crippen molar-refractivity contribution in [3.63, 3.8) is 0 Å². The van der Waals surface area contributed by atoms with Gasteiger partial charge in [-0.05, 0) is 19.3 Å². The number of rotatable bonds is 7. The van der Waals surface area contributed by atoms with E-state index in [2.05, 4.69) is 15.6 Å². The Balaban J connectivity index is 1.96. The minimum Gasteiger partial charge on any atom is -0.370 e. The number of anilines is 2. The van der Waals surface area contributed by atoms with Crippen molar-refractivity contribution in [3.8, 4) is 0 Å². The van der Waals surface area contributed by atoms with Gasteiger partial charge in [-0.1, -0.05) is 25.7 Å². The van der Waals surface area contributed by atoms with Crippen molar-refractivity contribution < 1.29 is 4.92 Å². The molecule has 0 radical (unpaired) electrons. The highest BCUT2D eigenvalue weighted by atomic mass is 16.6.